The van der Waals surface area contributed by atoms with Crippen LogP contribution in [0, 0.1) is 17.7 Å². The summed E-state index contributed by atoms with van der Waals surface area (Å²) < 4.78 is 43.2. The van der Waals surface area contributed by atoms with Crippen LogP contribution in [0.15, 0.2) is 49.3 Å². The largest absolute Gasteiger partial charge is 0.330 e. The molecule has 4 aromatic rings. The molecule has 0 radical (unpaired) electrons. The molecule has 0 unspecified atom stereocenters. The molecule has 1 saturated carbocycles. The molecule has 10 nitrogen and oxygen atoms in total. The van der Waals surface area contributed by atoms with Gasteiger partial charge in [-0.3, -0.25) is 14.5 Å². The van der Waals surface area contributed by atoms with Gasteiger partial charge in [0.05, 0.1) is 47.6 Å². The maximum Gasteiger partial charge on any atom is 0.275 e. The van der Waals surface area contributed by atoms with Crippen LogP contribution in [0.4, 0.5) is 24.8 Å². The van der Waals surface area contributed by atoms with Gasteiger partial charge in [0.15, 0.2) is 5.82 Å². The van der Waals surface area contributed by atoms with Crippen molar-refractivity contribution < 1.29 is 22.8 Å². The van der Waals surface area contributed by atoms with Gasteiger partial charge in [0.1, 0.15) is 12.0 Å². The van der Waals surface area contributed by atoms with Crippen molar-refractivity contribution in [2.45, 2.75) is 25.4 Å². The number of nitrogens with one attached hydrogen (secondary N) is 1. The highest BCUT2D eigenvalue weighted by atomic mass is 35.5. The zero-order valence-electron chi connectivity index (χ0n) is 20.6. The predicted molar refractivity (Wildman–Crippen MR) is 138 cm³/mol. The summed E-state index contributed by atoms with van der Waals surface area (Å²) >= 11 is 5.79. The minimum atomic E-state index is -2.99. The third-order valence-corrected chi connectivity index (χ3v) is 7.31. The molecule has 4 heterocycles. The van der Waals surface area contributed by atoms with Crippen molar-refractivity contribution in [3.05, 3.63) is 77.0 Å². The molecule has 1 amide bonds. The van der Waals surface area contributed by atoms with Gasteiger partial charge in [-0.1, -0.05) is 17.7 Å². The molecule has 14 heteroatoms. The number of hydrogen-bond donors (Lipinski definition) is 1. The van der Waals surface area contributed by atoms with E-state index in [1.165, 1.54) is 6.20 Å². The first kappa shape index (κ1) is 25.9. The van der Waals surface area contributed by atoms with Crippen molar-refractivity contribution in [2.75, 3.05) is 16.8 Å². The lowest BCUT2D eigenvalue weighted by molar-refractivity contribution is -0.109. The molecule has 0 spiro atoms. The average Bonchev–Trinajstić information content (AvgIpc) is 3.41. The smallest absolute Gasteiger partial charge is 0.275 e. The van der Waals surface area contributed by atoms with E-state index in [9.17, 15) is 22.8 Å². The first-order valence-corrected chi connectivity index (χ1v) is 12.6. The van der Waals surface area contributed by atoms with Gasteiger partial charge in [-0.25, -0.2) is 28.1 Å². The number of nitrogens with zero attached hydrogens (tertiary/aromatic N) is 7. The van der Waals surface area contributed by atoms with Gasteiger partial charge in [0.2, 0.25) is 5.95 Å². The Kier molecular flexibility index (Phi) is 6.66. The first-order chi connectivity index (χ1) is 19.3. The number of fused-ring (bicyclic) bond motifs is 1. The van der Waals surface area contributed by atoms with Gasteiger partial charge in [-0.2, -0.15) is 5.10 Å². The van der Waals surface area contributed by atoms with Crippen LogP contribution in [0.1, 0.15) is 34.5 Å². The highest BCUT2D eigenvalue weighted by Gasteiger charge is 2.53. The second-order valence-electron chi connectivity index (χ2n) is 9.63. The van der Waals surface area contributed by atoms with E-state index in [1.807, 2.05) is 4.90 Å². The second kappa shape index (κ2) is 10.3. The number of amides is 1. The van der Waals surface area contributed by atoms with Crippen molar-refractivity contribution in [1.29, 1.82) is 0 Å². The molecular formula is C26H20ClF3N8O2. The number of benzene rings is 1. The van der Waals surface area contributed by atoms with Crippen LogP contribution in [0.25, 0.3) is 11.3 Å². The summed E-state index contributed by atoms with van der Waals surface area (Å²) in [5, 5.41) is 6.47. The Morgan fingerprint density at radius 3 is 2.73 bits per heavy atom. The minimum Gasteiger partial charge on any atom is -0.330 e. The van der Waals surface area contributed by atoms with Crippen LogP contribution in [0.3, 0.4) is 0 Å². The van der Waals surface area contributed by atoms with Gasteiger partial charge in [-0.15, -0.1) is 0 Å². The summed E-state index contributed by atoms with van der Waals surface area (Å²) in [6.07, 6.45) is 7.58. The fourth-order valence-corrected chi connectivity index (χ4v) is 5.13. The molecule has 3 aromatic heterocycles. The Morgan fingerprint density at radius 2 is 1.98 bits per heavy atom. The van der Waals surface area contributed by atoms with Crippen molar-refractivity contribution in [1.82, 2.24) is 29.7 Å². The molecular weight excluding hydrogens is 549 g/mol. The van der Waals surface area contributed by atoms with Gasteiger partial charge < -0.3 is 15.0 Å². The Morgan fingerprint density at radius 1 is 1.18 bits per heavy atom. The number of alkyl halides is 2. The fraction of sp³-hybridized carbons (Fsp3) is 0.269. The molecule has 204 valence electrons. The third-order valence-electron chi connectivity index (χ3n) is 7.02. The fourth-order valence-electron chi connectivity index (χ4n) is 4.97. The van der Waals surface area contributed by atoms with Crippen molar-refractivity contribution in [2.24, 2.45) is 11.8 Å². The summed E-state index contributed by atoms with van der Waals surface area (Å²) in [6.45, 7) is 1.10. The molecule has 2 fully saturated rings. The first-order valence-electron chi connectivity index (χ1n) is 12.3. The van der Waals surface area contributed by atoms with Gasteiger partial charge >= 0.3 is 0 Å². The summed E-state index contributed by atoms with van der Waals surface area (Å²) in [4.78, 5) is 42.9. The zero-order chi connectivity index (χ0) is 28.0. The van der Waals surface area contributed by atoms with Gasteiger partial charge in [0.25, 0.3) is 12.3 Å². The van der Waals surface area contributed by atoms with Crippen molar-refractivity contribution in [3.63, 3.8) is 0 Å². The van der Waals surface area contributed by atoms with E-state index < -0.39 is 29.3 Å². The van der Waals surface area contributed by atoms with E-state index in [0.29, 0.717) is 30.0 Å². The number of carbonyl (C=O) groups is 2. The number of hydrogen-bond acceptors (Lipinski definition) is 8. The molecule has 6 rings (SSSR count). The minimum absolute atomic E-state index is 0.172. The zero-order valence-corrected chi connectivity index (χ0v) is 21.3. The maximum atomic E-state index is 14.7. The third kappa shape index (κ3) is 4.88. The molecule has 1 aliphatic heterocycles. The van der Waals surface area contributed by atoms with Crippen molar-refractivity contribution >= 4 is 35.4 Å². The van der Waals surface area contributed by atoms with Gasteiger partial charge in [0, 0.05) is 41.8 Å². The van der Waals surface area contributed by atoms with E-state index in [2.05, 4.69) is 30.4 Å². The highest BCUT2D eigenvalue weighted by Crippen LogP contribution is 2.49. The number of carbonyl (C=O) groups excluding carboxylic acids is 2. The molecule has 1 aromatic carbocycles. The van der Waals surface area contributed by atoms with E-state index in [1.54, 1.807) is 23.3 Å². The van der Waals surface area contributed by atoms with Crippen LogP contribution in [-0.2, 0) is 11.3 Å². The number of piperidine rings is 1. The van der Waals surface area contributed by atoms with Crippen LogP contribution in [0.5, 0.6) is 0 Å². The number of anilines is 2. The molecule has 2 aliphatic rings. The topological polar surface area (TPSA) is 119 Å². The lowest BCUT2D eigenvalue weighted by Gasteiger charge is -2.23. The molecule has 0 bridgehead atoms. The summed E-state index contributed by atoms with van der Waals surface area (Å²) in [7, 11) is 0. The Hall–Kier alpha value is -4.39. The summed E-state index contributed by atoms with van der Waals surface area (Å²) in [6, 6.07) is 1.86. The summed E-state index contributed by atoms with van der Waals surface area (Å²) in [5.74, 6) is -0.317. The predicted octanol–water partition coefficient (Wildman–Crippen LogP) is 4.18. The lowest BCUT2D eigenvalue weighted by Crippen LogP contribution is -2.35. The lowest BCUT2D eigenvalue weighted by atomic mass is 10.0. The Labute approximate surface area is 230 Å². The molecule has 40 heavy (non-hydrogen) atoms. The average molecular weight is 569 g/mol. The monoisotopic (exact) mass is 568 g/mol. The maximum absolute atomic E-state index is 14.7. The van der Waals surface area contributed by atoms with Crippen LogP contribution in [-0.4, -0.2) is 54.5 Å². The van der Waals surface area contributed by atoms with E-state index in [0.717, 1.165) is 49.3 Å². The SMILES string of the molecule is O=C[C@@H]1[C@@H]2C[C@@H]2CN1c1ncc(Cn2cc(NC(=O)c3cncc(-c4c(C(F)F)ccc(Cl)c4F)n3)cn2)cn1. The van der Waals surface area contributed by atoms with Crippen LogP contribution < -0.4 is 10.2 Å². The molecule has 1 saturated heterocycles. The van der Waals surface area contributed by atoms with Gasteiger partial charge in [-0.05, 0) is 24.3 Å². The van der Waals surface area contributed by atoms with E-state index >= 15 is 0 Å². The quantitative estimate of drug-likeness (QED) is 0.314. The Bertz CT molecular complexity index is 1600. The number of halogens is 4. The highest BCUT2D eigenvalue weighted by molar-refractivity contribution is 6.31. The normalized spacial score (nSPS) is 19.5. The standard InChI is InChI=1S/C26H20ClF3N8O2/c27-18-2-1-16(24(29)30)22(23(18)28)19-7-31-8-20(36-19)25(40)35-15-6-34-37(11-15)9-13-4-32-26(33-5-13)38-10-14-3-17(14)21(38)12-39/h1-2,4-8,11-12,14,17,21,24H,3,9-10H2,(H,35,40)/t14-,17-,21-/m1/s1. The number of aldehydes is 1. The van der Waals surface area contributed by atoms with Crippen LogP contribution >= 0.6 is 11.6 Å². The number of aromatic nitrogens is 6. The van der Waals surface area contributed by atoms with E-state index in [4.69, 9.17) is 11.6 Å². The second-order valence-corrected chi connectivity index (χ2v) is 10.0. The van der Waals surface area contributed by atoms with Crippen molar-refractivity contribution in [3.8, 4) is 11.3 Å². The number of rotatable bonds is 8. The molecule has 1 N–H and O–H groups in total. The Balaban J connectivity index is 1.13. The summed E-state index contributed by atoms with van der Waals surface area (Å²) in [5.41, 5.74) is -0.521. The molecule has 1 aliphatic carbocycles. The van der Waals surface area contributed by atoms with E-state index in [-0.39, 0.29) is 22.5 Å². The van der Waals surface area contributed by atoms with Crippen LogP contribution in [0.2, 0.25) is 5.02 Å². The molecule has 3 atom stereocenters.